The van der Waals surface area contributed by atoms with Crippen LogP contribution in [0.1, 0.15) is 18.4 Å². The van der Waals surface area contributed by atoms with Crippen LogP contribution in [-0.2, 0) is 16.1 Å². The predicted molar refractivity (Wildman–Crippen MR) is 90.3 cm³/mol. The zero-order chi connectivity index (χ0) is 18.5. The summed E-state index contributed by atoms with van der Waals surface area (Å²) in [6, 6.07) is 11.7. The number of piperidine rings is 1. The number of rotatable bonds is 4. The highest BCUT2D eigenvalue weighted by molar-refractivity contribution is 5.75. The van der Waals surface area contributed by atoms with Crippen molar-refractivity contribution in [1.82, 2.24) is 9.63 Å². The topological polar surface area (TPSA) is 101 Å². The van der Waals surface area contributed by atoms with Crippen LogP contribution in [0.25, 0.3) is 0 Å². The maximum Gasteiger partial charge on any atom is 0.410 e. The quantitative estimate of drug-likeness (QED) is 0.864. The summed E-state index contributed by atoms with van der Waals surface area (Å²) in [5, 5.41) is 19.1. The number of ether oxygens (including phenoxy) is 1. The first-order valence-electron chi connectivity index (χ1n) is 8.32. The van der Waals surface area contributed by atoms with Crippen LogP contribution in [0.15, 0.2) is 42.5 Å². The number of nitrogens with zero attached hydrogens (tertiary/aromatic N) is 2. The molecule has 2 heterocycles. The number of likely N-dealkylation sites (tertiary alicyclic amines) is 1. The van der Waals surface area contributed by atoms with Crippen LogP contribution in [-0.4, -0.2) is 45.0 Å². The van der Waals surface area contributed by atoms with Crippen LogP contribution in [0.4, 0.5) is 4.79 Å². The van der Waals surface area contributed by atoms with Gasteiger partial charge in [0.05, 0.1) is 5.92 Å². The summed E-state index contributed by atoms with van der Waals surface area (Å²) < 4.78 is 5.94. The maximum absolute atomic E-state index is 12.3. The van der Waals surface area contributed by atoms with Gasteiger partial charge in [-0.15, -0.1) is 4.73 Å². The second kappa shape index (κ2) is 7.81. The van der Waals surface area contributed by atoms with E-state index < -0.39 is 18.0 Å². The fraction of sp³-hybridized carbons (Fsp3) is 0.333. The van der Waals surface area contributed by atoms with Crippen molar-refractivity contribution >= 4 is 12.1 Å². The predicted octanol–water partition coefficient (Wildman–Crippen LogP) is 1.90. The third kappa shape index (κ3) is 4.08. The molecule has 8 nitrogen and oxygen atoms in total. The highest BCUT2D eigenvalue weighted by atomic mass is 16.7. The summed E-state index contributed by atoms with van der Waals surface area (Å²) >= 11 is 0. The van der Waals surface area contributed by atoms with E-state index in [-0.39, 0.29) is 24.9 Å². The van der Waals surface area contributed by atoms with E-state index in [2.05, 4.69) is 0 Å². The minimum atomic E-state index is -0.632. The molecule has 0 saturated carbocycles. The normalized spacial score (nSPS) is 16.9. The molecule has 1 aromatic carbocycles. The first-order valence-corrected chi connectivity index (χ1v) is 8.32. The largest absolute Gasteiger partial charge is 0.492 e. The average Bonchev–Trinajstić information content (AvgIpc) is 2.99. The number of aromatic hydroxyl groups is 2. The molecule has 1 atom stereocenters. The van der Waals surface area contributed by atoms with Gasteiger partial charge in [-0.3, -0.25) is 0 Å². The Morgan fingerprint density at radius 2 is 1.77 bits per heavy atom. The van der Waals surface area contributed by atoms with Gasteiger partial charge in [0.15, 0.2) is 0 Å². The lowest BCUT2D eigenvalue weighted by Crippen LogP contribution is -2.44. The molecule has 26 heavy (non-hydrogen) atoms. The minimum Gasteiger partial charge on any atom is -0.492 e. The van der Waals surface area contributed by atoms with E-state index >= 15 is 0 Å². The molecule has 0 aliphatic carbocycles. The van der Waals surface area contributed by atoms with Crippen LogP contribution in [0, 0.1) is 5.92 Å². The smallest absolute Gasteiger partial charge is 0.410 e. The third-order valence-electron chi connectivity index (χ3n) is 4.20. The molecule has 138 valence electrons. The Balaban J connectivity index is 1.54. The number of aromatic nitrogens is 1. The van der Waals surface area contributed by atoms with E-state index in [1.54, 1.807) is 0 Å². The van der Waals surface area contributed by atoms with E-state index in [1.807, 2.05) is 30.3 Å². The summed E-state index contributed by atoms with van der Waals surface area (Å²) in [7, 11) is 0. The Morgan fingerprint density at radius 3 is 2.46 bits per heavy atom. The van der Waals surface area contributed by atoms with Gasteiger partial charge in [0.25, 0.3) is 0 Å². The molecule has 1 fully saturated rings. The summed E-state index contributed by atoms with van der Waals surface area (Å²) in [5.41, 5.74) is 0.882. The van der Waals surface area contributed by atoms with E-state index in [9.17, 15) is 19.8 Å². The summed E-state index contributed by atoms with van der Waals surface area (Å²) in [5.74, 6) is -1.96. The highest BCUT2D eigenvalue weighted by Gasteiger charge is 2.31. The van der Waals surface area contributed by atoms with Gasteiger partial charge in [-0.05, 0) is 18.4 Å². The maximum atomic E-state index is 12.3. The minimum absolute atomic E-state index is 0.162. The van der Waals surface area contributed by atoms with Crippen molar-refractivity contribution in [2.45, 2.75) is 19.4 Å². The van der Waals surface area contributed by atoms with Gasteiger partial charge in [-0.2, -0.15) is 0 Å². The third-order valence-corrected chi connectivity index (χ3v) is 4.20. The summed E-state index contributed by atoms with van der Waals surface area (Å²) in [4.78, 5) is 31.0. The zero-order valence-electron chi connectivity index (χ0n) is 14.1. The van der Waals surface area contributed by atoms with Gasteiger partial charge in [-0.1, -0.05) is 30.3 Å². The van der Waals surface area contributed by atoms with Crippen molar-refractivity contribution in [1.29, 1.82) is 0 Å². The number of carbonyl (C=O) groups is 2. The van der Waals surface area contributed by atoms with E-state index in [4.69, 9.17) is 9.57 Å². The molecule has 1 amide bonds. The average molecular weight is 360 g/mol. The Hall–Kier alpha value is -3.16. The first-order chi connectivity index (χ1) is 12.5. The van der Waals surface area contributed by atoms with Crippen molar-refractivity contribution in [3.8, 4) is 11.8 Å². The molecule has 8 heteroatoms. The van der Waals surface area contributed by atoms with Crippen LogP contribution >= 0.6 is 0 Å². The van der Waals surface area contributed by atoms with Crippen molar-refractivity contribution in [3.63, 3.8) is 0 Å². The number of carbonyl (C=O) groups excluding carboxylic acids is 2. The molecule has 1 aliphatic rings. The molecule has 2 N–H and O–H groups in total. The second-order valence-electron chi connectivity index (χ2n) is 6.08. The first kappa shape index (κ1) is 17.7. The van der Waals surface area contributed by atoms with E-state index in [0.717, 1.165) is 5.56 Å². The van der Waals surface area contributed by atoms with Crippen molar-refractivity contribution in [3.05, 3.63) is 48.0 Å². The van der Waals surface area contributed by atoms with Gasteiger partial charge in [-0.25, -0.2) is 9.59 Å². The zero-order valence-corrected chi connectivity index (χ0v) is 14.1. The van der Waals surface area contributed by atoms with Crippen molar-refractivity contribution < 1.29 is 29.4 Å². The van der Waals surface area contributed by atoms with Gasteiger partial charge in [0.2, 0.25) is 11.8 Å². The van der Waals surface area contributed by atoms with E-state index in [0.29, 0.717) is 24.1 Å². The molecule has 1 saturated heterocycles. The fourth-order valence-electron chi connectivity index (χ4n) is 2.81. The molecule has 3 rings (SSSR count). The lowest BCUT2D eigenvalue weighted by molar-refractivity contribution is -0.152. The van der Waals surface area contributed by atoms with Gasteiger partial charge < -0.3 is 24.7 Å². The van der Waals surface area contributed by atoms with Gasteiger partial charge >= 0.3 is 12.1 Å². The Bertz CT molecular complexity index is 754. The van der Waals surface area contributed by atoms with Crippen molar-refractivity contribution in [2.24, 2.45) is 5.92 Å². The molecule has 1 aromatic heterocycles. The van der Waals surface area contributed by atoms with Gasteiger partial charge in [0.1, 0.15) is 6.61 Å². The molecule has 1 aliphatic heterocycles. The molecular formula is C18H20N2O6. The fourth-order valence-corrected chi connectivity index (χ4v) is 2.81. The lowest BCUT2D eigenvalue weighted by atomic mass is 9.99. The van der Waals surface area contributed by atoms with E-state index in [1.165, 1.54) is 17.0 Å². The SMILES string of the molecule is O=C(On1c(O)ccc1O)[C@@H]1CCCN(C(=O)OCc2ccccc2)C1. The second-order valence-corrected chi connectivity index (χ2v) is 6.08. The molecule has 0 bridgehead atoms. The molecule has 0 spiro atoms. The lowest BCUT2D eigenvalue weighted by Gasteiger charge is -2.30. The summed E-state index contributed by atoms with van der Waals surface area (Å²) in [6.07, 6.45) is 0.687. The number of benzene rings is 1. The Morgan fingerprint density at radius 1 is 1.08 bits per heavy atom. The molecular weight excluding hydrogens is 340 g/mol. The Labute approximate surface area is 150 Å². The monoisotopic (exact) mass is 360 g/mol. The van der Waals surface area contributed by atoms with Crippen LogP contribution < -0.4 is 4.84 Å². The van der Waals surface area contributed by atoms with Crippen LogP contribution in [0.5, 0.6) is 11.8 Å². The molecule has 0 radical (unpaired) electrons. The van der Waals surface area contributed by atoms with Crippen LogP contribution in [0.2, 0.25) is 0 Å². The molecule has 2 aromatic rings. The van der Waals surface area contributed by atoms with Crippen LogP contribution in [0.3, 0.4) is 0 Å². The highest BCUT2D eigenvalue weighted by Crippen LogP contribution is 2.22. The Kier molecular flexibility index (Phi) is 5.31. The summed E-state index contributed by atoms with van der Waals surface area (Å²) in [6.45, 7) is 0.822. The standard InChI is InChI=1S/C18H20N2O6/c21-15-8-9-16(22)20(15)26-17(23)14-7-4-10-19(11-14)18(24)25-12-13-5-2-1-3-6-13/h1-3,5-6,8-9,14,21-22H,4,7,10-12H2/t14-/m1/s1. The number of hydrogen-bond acceptors (Lipinski definition) is 6. The number of hydrogen-bond donors (Lipinski definition) is 2. The van der Waals surface area contributed by atoms with Gasteiger partial charge in [0, 0.05) is 25.2 Å². The number of amides is 1. The van der Waals surface area contributed by atoms with Crippen molar-refractivity contribution in [2.75, 3.05) is 13.1 Å². The molecule has 0 unspecified atom stereocenters.